The van der Waals surface area contributed by atoms with Crippen LogP contribution in [-0.2, 0) is 14.4 Å². The Balaban J connectivity index is 0. The lowest BCUT2D eigenvalue weighted by Gasteiger charge is -2.01. The van der Waals surface area contributed by atoms with Gasteiger partial charge in [0.15, 0.2) is 0 Å². The molecule has 0 saturated carbocycles. The van der Waals surface area contributed by atoms with E-state index < -0.39 is 5.97 Å². The lowest BCUT2D eigenvalue weighted by molar-refractivity contribution is -0.134. The summed E-state index contributed by atoms with van der Waals surface area (Å²) < 4.78 is 0. The van der Waals surface area contributed by atoms with Crippen molar-refractivity contribution in [1.82, 2.24) is 10.6 Å². The lowest BCUT2D eigenvalue weighted by atomic mass is 10.5. The molecular formula is C9H14N2O4. The fraction of sp³-hybridized carbons (Fsp3) is 0.222. The minimum atomic E-state index is -0.833. The zero-order valence-corrected chi connectivity index (χ0v) is 8.45. The molecule has 0 radical (unpaired) electrons. The second-order valence-electron chi connectivity index (χ2n) is 2.19. The van der Waals surface area contributed by atoms with Crippen molar-refractivity contribution in [2.75, 3.05) is 6.67 Å². The van der Waals surface area contributed by atoms with Crippen LogP contribution in [0.15, 0.2) is 25.3 Å². The standard InChI is InChI=1S/C7H10N2O2.C2H4O2/c1-3-6(10)8-5-9-7(11)4-2;1-2(3)4/h3-4H,1-2,5H2,(H,8,10)(H,9,11);1H3,(H,3,4). The first-order chi connectivity index (χ1) is 6.93. The first-order valence-corrected chi connectivity index (χ1v) is 3.94. The number of amides is 2. The number of hydrogen-bond donors (Lipinski definition) is 3. The molecule has 6 heteroatoms. The first kappa shape index (κ1) is 15.4. The van der Waals surface area contributed by atoms with Crippen LogP contribution in [0, 0.1) is 0 Å². The molecule has 2 amide bonds. The highest BCUT2D eigenvalue weighted by Gasteiger charge is 1.93. The van der Waals surface area contributed by atoms with E-state index in [1.807, 2.05) is 0 Å². The van der Waals surface area contributed by atoms with E-state index in [9.17, 15) is 9.59 Å². The second-order valence-corrected chi connectivity index (χ2v) is 2.19. The summed E-state index contributed by atoms with van der Waals surface area (Å²) in [7, 11) is 0. The van der Waals surface area contributed by atoms with Gasteiger partial charge in [0.2, 0.25) is 11.8 Å². The number of carboxylic acid groups (broad SMARTS) is 1. The molecule has 3 N–H and O–H groups in total. The van der Waals surface area contributed by atoms with E-state index in [2.05, 4.69) is 23.8 Å². The van der Waals surface area contributed by atoms with Crippen molar-refractivity contribution in [2.45, 2.75) is 6.92 Å². The summed E-state index contributed by atoms with van der Waals surface area (Å²) in [6.07, 6.45) is 2.25. The highest BCUT2D eigenvalue weighted by Crippen LogP contribution is 1.65. The minimum Gasteiger partial charge on any atom is -0.481 e. The highest BCUT2D eigenvalue weighted by molar-refractivity contribution is 5.89. The van der Waals surface area contributed by atoms with Crippen LogP contribution in [0.4, 0.5) is 0 Å². The Bertz CT molecular complexity index is 237. The van der Waals surface area contributed by atoms with Crippen molar-refractivity contribution in [1.29, 1.82) is 0 Å². The van der Waals surface area contributed by atoms with E-state index in [1.165, 1.54) is 0 Å². The number of aliphatic carboxylic acids is 1. The summed E-state index contributed by atoms with van der Waals surface area (Å²) in [6, 6.07) is 0. The fourth-order valence-corrected chi connectivity index (χ4v) is 0.363. The van der Waals surface area contributed by atoms with Crippen molar-refractivity contribution in [2.24, 2.45) is 0 Å². The maximum Gasteiger partial charge on any atom is 0.300 e. The summed E-state index contributed by atoms with van der Waals surface area (Å²) in [5.41, 5.74) is 0. The zero-order chi connectivity index (χ0) is 12.3. The summed E-state index contributed by atoms with van der Waals surface area (Å²) >= 11 is 0. The van der Waals surface area contributed by atoms with E-state index in [0.29, 0.717) is 0 Å². The van der Waals surface area contributed by atoms with Gasteiger partial charge in [-0.1, -0.05) is 13.2 Å². The van der Waals surface area contributed by atoms with Crippen molar-refractivity contribution < 1.29 is 19.5 Å². The molecule has 0 aliphatic heterocycles. The molecule has 15 heavy (non-hydrogen) atoms. The Morgan fingerprint density at radius 1 is 1.13 bits per heavy atom. The molecule has 0 aromatic carbocycles. The van der Waals surface area contributed by atoms with Gasteiger partial charge in [-0.15, -0.1) is 0 Å². The number of carboxylic acids is 1. The predicted octanol–water partition coefficient (Wildman–Crippen LogP) is -0.361. The van der Waals surface area contributed by atoms with Crippen LogP contribution in [0.3, 0.4) is 0 Å². The van der Waals surface area contributed by atoms with E-state index in [-0.39, 0.29) is 18.5 Å². The molecule has 0 aromatic heterocycles. The van der Waals surface area contributed by atoms with Crippen molar-refractivity contribution in [3.63, 3.8) is 0 Å². The SMILES string of the molecule is C=CC(=O)NCNC(=O)C=C.CC(=O)O. The Morgan fingerprint density at radius 3 is 1.60 bits per heavy atom. The van der Waals surface area contributed by atoms with Gasteiger partial charge in [-0.05, 0) is 12.2 Å². The van der Waals surface area contributed by atoms with E-state index in [1.54, 1.807) is 0 Å². The highest BCUT2D eigenvalue weighted by atomic mass is 16.4. The maximum absolute atomic E-state index is 10.5. The number of hydrogen-bond acceptors (Lipinski definition) is 3. The lowest BCUT2D eigenvalue weighted by Crippen LogP contribution is -2.35. The van der Waals surface area contributed by atoms with Crippen LogP contribution < -0.4 is 10.6 Å². The predicted molar refractivity (Wildman–Crippen MR) is 54.9 cm³/mol. The van der Waals surface area contributed by atoms with Gasteiger partial charge in [-0.3, -0.25) is 14.4 Å². The van der Waals surface area contributed by atoms with Gasteiger partial charge in [0.25, 0.3) is 5.97 Å². The summed E-state index contributed by atoms with van der Waals surface area (Å²) in [4.78, 5) is 30.0. The van der Waals surface area contributed by atoms with E-state index >= 15 is 0 Å². The van der Waals surface area contributed by atoms with Crippen LogP contribution in [0.25, 0.3) is 0 Å². The third-order valence-electron chi connectivity index (χ3n) is 0.896. The molecule has 0 heterocycles. The van der Waals surface area contributed by atoms with Crippen LogP contribution in [-0.4, -0.2) is 29.6 Å². The molecule has 0 saturated heterocycles. The van der Waals surface area contributed by atoms with Crippen LogP contribution in [0.2, 0.25) is 0 Å². The van der Waals surface area contributed by atoms with Crippen molar-refractivity contribution in [3.05, 3.63) is 25.3 Å². The van der Waals surface area contributed by atoms with E-state index in [0.717, 1.165) is 19.1 Å². The van der Waals surface area contributed by atoms with Gasteiger partial charge >= 0.3 is 0 Å². The molecule has 0 rings (SSSR count). The fourth-order valence-electron chi connectivity index (χ4n) is 0.363. The maximum atomic E-state index is 10.5. The molecule has 0 aliphatic rings. The molecular weight excluding hydrogens is 200 g/mol. The minimum absolute atomic E-state index is 0.0930. The number of rotatable bonds is 4. The van der Waals surface area contributed by atoms with Gasteiger partial charge in [0.05, 0.1) is 6.67 Å². The molecule has 84 valence electrons. The third kappa shape index (κ3) is 18.7. The Hall–Kier alpha value is -2.11. The largest absolute Gasteiger partial charge is 0.481 e. The molecule has 0 atom stereocenters. The first-order valence-electron chi connectivity index (χ1n) is 3.94. The van der Waals surface area contributed by atoms with Gasteiger partial charge in [-0.2, -0.15) is 0 Å². The smallest absolute Gasteiger partial charge is 0.300 e. The normalized spacial score (nSPS) is 7.53. The second kappa shape index (κ2) is 9.97. The van der Waals surface area contributed by atoms with Gasteiger partial charge in [0, 0.05) is 6.92 Å². The molecule has 0 bridgehead atoms. The average Bonchev–Trinajstić information content (AvgIpc) is 2.16. The summed E-state index contributed by atoms with van der Waals surface area (Å²) in [6.45, 7) is 7.64. The van der Waals surface area contributed by atoms with Crippen LogP contribution >= 0.6 is 0 Å². The van der Waals surface area contributed by atoms with Crippen molar-refractivity contribution in [3.8, 4) is 0 Å². The number of nitrogens with one attached hydrogen (secondary N) is 2. The summed E-state index contributed by atoms with van der Waals surface area (Å²) in [5, 5.41) is 12.1. The van der Waals surface area contributed by atoms with Crippen LogP contribution in [0.5, 0.6) is 0 Å². The van der Waals surface area contributed by atoms with Gasteiger partial charge < -0.3 is 15.7 Å². The molecule has 0 aromatic rings. The monoisotopic (exact) mass is 214 g/mol. The average molecular weight is 214 g/mol. The van der Waals surface area contributed by atoms with Gasteiger partial charge in [0.1, 0.15) is 0 Å². The van der Waals surface area contributed by atoms with Gasteiger partial charge in [-0.25, -0.2) is 0 Å². The number of carbonyl (C=O) groups excluding carboxylic acids is 2. The molecule has 0 fully saturated rings. The number of carbonyl (C=O) groups is 3. The van der Waals surface area contributed by atoms with E-state index in [4.69, 9.17) is 9.90 Å². The quantitative estimate of drug-likeness (QED) is 0.440. The van der Waals surface area contributed by atoms with Crippen LogP contribution in [0.1, 0.15) is 6.92 Å². The summed E-state index contributed by atoms with van der Waals surface area (Å²) in [5.74, 6) is -1.48. The molecule has 0 spiro atoms. The zero-order valence-electron chi connectivity index (χ0n) is 8.45. The third-order valence-corrected chi connectivity index (χ3v) is 0.896. The molecule has 0 aliphatic carbocycles. The Morgan fingerprint density at radius 2 is 1.40 bits per heavy atom. The Kier molecular flexibility index (Phi) is 10.2. The molecule has 6 nitrogen and oxygen atoms in total. The Labute approximate surface area is 87.7 Å². The van der Waals surface area contributed by atoms with Crippen molar-refractivity contribution >= 4 is 17.8 Å². The topological polar surface area (TPSA) is 95.5 Å². The molecule has 0 unspecified atom stereocenters.